The molecule has 2 fully saturated rings. The highest BCUT2D eigenvalue weighted by Gasteiger charge is 2.27. The van der Waals surface area contributed by atoms with E-state index in [4.69, 9.17) is 4.74 Å². The summed E-state index contributed by atoms with van der Waals surface area (Å²) in [5.74, 6) is 1.56. The number of halogens is 1. The number of hydrogen-bond donors (Lipinski definition) is 3. The largest absolute Gasteiger partial charge is 0.381 e. The summed E-state index contributed by atoms with van der Waals surface area (Å²) in [6.45, 7) is 5.78. The Hall–Kier alpha value is -0.910. The SMILES string of the molecule is CCNC(=NCc1ccc(S(=O)(=O)NC2CC2)cc1)NCCCOCC1CC1.I. The fraction of sp³-hybridized carbons (Fsp3) is 0.650. The molecule has 2 aliphatic carbocycles. The molecule has 164 valence electrons. The van der Waals surface area contributed by atoms with Gasteiger partial charge in [0.2, 0.25) is 10.0 Å². The van der Waals surface area contributed by atoms with E-state index in [0.717, 1.165) is 63.0 Å². The predicted molar refractivity (Wildman–Crippen MR) is 126 cm³/mol. The van der Waals surface area contributed by atoms with Crippen LogP contribution >= 0.6 is 24.0 Å². The molecule has 3 rings (SSSR count). The molecule has 0 bridgehead atoms. The molecule has 1 aromatic rings. The first-order valence-electron chi connectivity index (χ1n) is 10.3. The maximum Gasteiger partial charge on any atom is 0.240 e. The second-order valence-corrected chi connectivity index (χ2v) is 9.25. The van der Waals surface area contributed by atoms with Gasteiger partial charge in [0, 0.05) is 32.3 Å². The minimum absolute atomic E-state index is 0. The average molecular weight is 536 g/mol. The molecule has 9 heteroatoms. The lowest BCUT2D eigenvalue weighted by atomic mass is 10.2. The number of ether oxygens (including phenoxy) is 1. The average Bonchev–Trinajstić information content (AvgIpc) is 3.59. The fourth-order valence-corrected chi connectivity index (χ4v) is 4.00. The molecule has 7 nitrogen and oxygen atoms in total. The summed E-state index contributed by atoms with van der Waals surface area (Å²) in [5, 5.41) is 6.54. The molecule has 2 aliphatic rings. The van der Waals surface area contributed by atoms with Crippen LogP contribution in [-0.4, -0.2) is 46.7 Å². The molecule has 3 N–H and O–H groups in total. The van der Waals surface area contributed by atoms with Crippen LogP contribution in [0, 0.1) is 5.92 Å². The third-order valence-electron chi connectivity index (χ3n) is 4.71. The highest BCUT2D eigenvalue weighted by atomic mass is 127. The van der Waals surface area contributed by atoms with Crippen LogP contribution in [0.2, 0.25) is 0 Å². The highest BCUT2D eigenvalue weighted by Crippen LogP contribution is 2.28. The maximum absolute atomic E-state index is 12.2. The Kier molecular flexibility index (Phi) is 10.1. The third-order valence-corrected chi connectivity index (χ3v) is 6.24. The second-order valence-electron chi connectivity index (χ2n) is 7.53. The van der Waals surface area contributed by atoms with Crippen molar-refractivity contribution < 1.29 is 13.2 Å². The van der Waals surface area contributed by atoms with E-state index in [1.54, 1.807) is 12.1 Å². The monoisotopic (exact) mass is 536 g/mol. The van der Waals surface area contributed by atoms with Gasteiger partial charge in [0.1, 0.15) is 0 Å². The van der Waals surface area contributed by atoms with Crippen molar-refractivity contribution in [3.05, 3.63) is 29.8 Å². The van der Waals surface area contributed by atoms with Gasteiger partial charge in [0.05, 0.1) is 11.4 Å². The topological polar surface area (TPSA) is 91.8 Å². The lowest BCUT2D eigenvalue weighted by Crippen LogP contribution is -2.38. The first kappa shape index (κ1) is 24.4. The van der Waals surface area contributed by atoms with Crippen LogP contribution in [-0.2, 0) is 21.3 Å². The number of aliphatic imine (C=N–C) groups is 1. The minimum atomic E-state index is -3.40. The predicted octanol–water partition coefficient (Wildman–Crippen LogP) is 2.62. The molecule has 0 atom stereocenters. The number of benzene rings is 1. The van der Waals surface area contributed by atoms with Crippen LogP contribution in [0.5, 0.6) is 0 Å². The summed E-state index contributed by atoms with van der Waals surface area (Å²) >= 11 is 0. The van der Waals surface area contributed by atoms with Crippen molar-refractivity contribution in [2.45, 2.75) is 56.5 Å². The van der Waals surface area contributed by atoms with Crippen LogP contribution in [0.3, 0.4) is 0 Å². The molecule has 0 heterocycles. The third kappa shape index (κ3) is 9.18. The van der Waals surface area contributed by atoms with E-state index >= 15 is 0 Å². The van der Waals surface area contributed by atoms with Crippen molar-refractivity contribution in [3.8, 4) is 0 Å². The summed E-state index contributed by atoms with van der Waals surface area (Å²) in [5.41, 5.74) is 0.968. The van der Waals surface area contributed by atoms with Gasteiger partial charge in [-0.3, -0.25) is 0 Å². The van der Waals surface area contributed by atoms with E-state index in [-0.39, 0.29) is 30.0 Å². The van der Waals surface area contributed by atoms with Gasteiger partial charge in [-0.25, -0.2) is 18.1 Å². The molecule has 0 radical (unpaired) electrons. The van der Waals surface area contributed by atoms with Crippen molar-refractivity contribution in [2.24, 2.45) is 10.9 Å². The van der Waals surface area contributed by atoms with Gasteiger partial charge >= 0.3 is 0 Å². The number of rotatable bonds is 12. The fourth-order valence-electron chi connectivity index (χ4n) is 2.69. The van der Waals surface area contributed by atoms with E-state index in [1.165, 1.54) is 12.8 Å². The zero-order chi connectivity index (χ0) is 19.8. The van der Waals surface area contributed by atoms with Crippen molar-refractivity contribution in [2.75, 3.05) is 26.3 Å². The number of nitrogens with zero attached hydrogens (tertiary/aromatic N) is 1. The van der Waals surface area contributed by atoms with Crippen molar-refractivity contribution in [1.82, 2.24) is 15.4 Å². The van der Waals surface area contributed by atoms with Gasteiger partial charge < -0.3 is 15.4 Å². The maximum atomic E-state index is 12.2. The lowest BCUT2D eigenvalue weighted by molar-refractivity contribution is 0.123. The number of hydrogen-bond acceptors (Lipinski definition) is 4. The summed E-state index contributed by atoms with van der Waals surface area (Å²) < 4.78 is 32.8. The minimum Gasteiger partial charge on any atom is -0.381 e. The zero-order valence-electron chi connectivity index (χ0n) is 17.0. The van der Waals surface area contributed by atoms with E-state index in [1.807, 2.05) is 19.1 Å². The molecular formula is C20H33IN4O3S. The first-order chi connectivity index (χ1) is 13.6. The van der Waals surface area contributed by atoms with E-state index in [0.29, 0.717) is 11.4 Å². The van der Waals surface area contributed by atoms with E-state index in [2.05, 4.69) is 20.3 Å². The molecule has 0 spiro atoms. The second kappa shape index (κ2) is 12.1. The Morgan fingerprint density at radius 3 is 2.48 bits per heavy atom. The van der Waals surface area contributed by atoms with Gasteiger partial charge in [0.15, 0.2) is 5.96 Å². The lowest BCUT2D eigenvalue weighted by Gasteiger charge is -2.11. The van der Waals surface area contributed by atoms with Gasteiger partial charge in [-0.1, -0.05) is 12.1 Å². The molecule has 0 aliphatic heterocycles. The first-order valence-corrected chi connectivity index (χ1v) is 11.8. The quantitative estimate of drug-likeness (QED) is 0.165. The van der Waals surface area contributed by atoms with Crippen molar-refractivity contribution in [1.29, 1.82) is 0 Å². The number of guanidine groups is 1. The molecule has 0 amide bonds. The van der Waals surface area contributed by atoms with Crippen molar-refractivity contribution >= 4 is 40.0 Å². The Morgan fingerprint density at radius 1 is 1.14 bits per heavy atom. The summed E-state index contributed by atoms with van der Waals surface area (Å²) in [6.07, 6.45) is 5.44. The van der Waals surface area contributed by atoms with Crippen LogP contribution < -0.4 is 15.4 Å². The Labute approximate surface area is 191 Å². The summed E-state index contributed by atoms with van der Waals surface area (Å²) in [6, 6.07) is 7.04. The van der Waals surface area contributed by atoms with Crippen molar-refractivity contribution in [3.63, 3.8) is 0 Å². The molecule has 0 saturated heterocycles. The molecule has 29 heavy (non-hydrogen) atoms. The van der Waals surface area contributed by atoms with Gasteiger partial charge in [-0.05, 0) is 62.6 Å². The van der Waals surface area contributed by atoms with Crippen LogP contribution in [0.15, 0.2) is 34.2 Å². The summed E-state index contributed by atoms with van der Waals surface area (Å²) in [4.78, 5) is 4.89. The molecule has 2 saturated carbocycles. The van der Waals surface area contributed by atoms with Crippen LogP contribution in [0.4, 0.5) is 0 Å². The number of nitrogens with one attached hydrogen (secondary N) is 3. The standard InChI is InChI=1S/C20H32N4O3S.HI/c1-2-21-20(22-12-3-13-27-15-17-4-5-17)23-14-16-6-10-19(11-7-16)28(25,26)24-18-8-9-18;/h6-7,10-11,17-18,24H,2-5,8-9,12-15H2,1H3,(H2,21,22,23);1H. The normalized spacial score (nSPS) is 16.9. The number of sulfonamides is 1. The highest BCUT2D eigenvalue weighted by molar-refractivity contribution is 14.0. The van der Waals surface area contributed by atoms with Gasteiger partial charge in [0.25, 0.3) is 0 Å². The Morgan fingerprint density at radius 2 is 1.86 bits per heavy atom. The molecule has 0 unspecified atom stereocenters. The van der Waals surface area contributed by atoms with Crippen LogP contribution in [0.25, 0.3) is 0 Å². The van der Waals surface area contributed by atoms with Crippen LogP contribution in [0.1, 0.15) is 44.6 Å². The van der Waals surface area contributed by atoms with E-state index < -0.39 is 10.0 Å². The molecule has 0 aromatic heterocycles. The Bertz CT molecular complexity index is 747. The smallest absolute Gasteiger partial charge is 0.240 e. The van der Waals surface area contributed by atoms with Gasteiger partial charge in [-0.2, -0.15) is 0 Å². The van der Waals surface area contributed by atoms with Gasteiger partial charge in [-0.15, -0.1) is 24.0 Å². The Balaban J connectivity index is 0.00000300. The molecular weight excluding hydrogens is 503 g/mol. The van der Waals surface area contributed by atoms with E-state index in [9.17, 15) is 8.42 Å². The zero-order valence-corrected chi connectivity index (χ0v) is 20.2. The molecule has 1 aromatic carbocycles. The summed E-state index contributed by atoms with van der Waals surface area (Å²) in [7, 11) is -3.40.